The van der Waals surface area contributed by atoms with Crippen molar-refractivity contribution in [3.8, 4) is 0 Å². The lowest BCUT2D eigenvalue weighted by Gasteiger charge is -2.39. The summed E-state index contributed by atoms with van der Waals surface area (Å²) in [6.45, 7) is 7.74. The van der Waals surface area contributed by atoms with Crippen LogP contribution in [-0.2, 0) is 19.1 Å². The minimum Gasteiger partial charge on any atom is -0.465 e. The largest absolute Gasteiger partial charge is 0.465 e. The van der Waals surface area contributed by atoms with E-state index < -0.39 is 28.7 Å². The Morgan fingerprint density at radius 2 is 1.88 bits per heavy atom. The summed E-state index contributed by atoms with van der Waals surface area (Å²) in [4.78, 5) is 46.0. The molecule has 6 atom stereocenters. The zero-order valence-corrected chi connectivity index (χ0v) is 25.1. The molecule has 2 amide bonds. The van der Waals surface area contributed by atoms with Crippen LogP contribution in [0.1, 0.15) is 43.7 Å². The van der Waals surface area contributed by atoms with Crippen molar-refractivity contribution in [3.63, 3.8) is 0 Å². The maximum Gasteiger partial charge on any atom is 0.310 e. The van der Waals surface area contributed by atoms with Crippen molar-refractivity contribution in [3.05, 3.63) is 90.5 Å². The summed E-state index contributed by atoms with van der Waals surface area (Å²) in [7, 11) is 0. The first kappa shape index (κ1) is 30.4. The summed E-state index contributed by atoms with van der Waals surface area (Å²) in [5.41, 5.74) is 1.36. The second-order valence-corrected chi connectivity index (χ2v) is 13.1. The van der Waals surface area contributed by atoms with Gasteiger partial charge in [0.2, 0.25) is 5.91 Å². The van der Waals surface area contributed by atoms with Crippen LogP contribution in [-0.4, -0.2) is 63.6 Å². The number of anilines is 1. The molecule has 2 aromatic carbocycles. The van der Waals surface area contributed by atoms with Crippen molar-refractivity contribution >= 4 is 46.8 Å². The Morgan fingerprint density at radius 3 is 2.55 bits per heavy atom. The second kappa shape index (κ2) is 13.1. The second-order valence-electron chi connectivity index (χ2n) is 11.1. The standard InChI is InChI=1S/C33H37ClN2O5S/c1-3-5-6-10-20-41-32(40)27-26-17-18-33(42-26)28(27)30(38)36(25(21-37)22-11-8-7-9-12-22)29(33)31(39)35(19-4-2)24-15-13-23(34)14-16-24/h3-4,7-9,11-16,25-29,37H,1-2,5-6,10,17-21H2/t25-,26+,27-,28+,29?,33?/m1/s1. The molecule has 3 fully saturated rings. The maximum absolute atomic E-state index is 14.7. The highest BCUT2D eigenvalue weighted by atomic mass is 35.5. The summed E-state index contributed by atoms with van der Waals surface area (Å²) in [5, 5.41) is 11.1. The molecule has 42 heavy (non-hydrogen) atoms. The minimum absolute atomic E-state index is 0.107. The van der Waals surface area contributed by atoms with Crippen molar-refractivity contribution in [1.82, 2.24) is 4.90 Å². The molecule has 1 N–H and O–H groups in total. The fourth-order valence-electron chi connectivity index (χ4n) is 6.88. The molecule has 3 heterocycles. The first-order valence-electron chi connectivity index (χ1n) is 14.5. The van der Waals surface area contributed by atoms with Gasteiger partial charge < -0.3 is 19.6 Å². The van der Waals surface area contributed by atoms with E-state index in [1.54, 1.807) is 51.9 Å². The number of likely N-dealkylation sites (tertiary alicyclic amines) is 1. The highest BCUT2D eigenvalue weighted by Crippen LogP contribution is 2.67. The van der Waals surface area contributed by atoms with Crippen LogP contribution in [0.4, 0.5) is 5.69 Å². The number of fused-ring (bicyclic) bond motifs is 1. The zero-order valence-electron chi connectivity index (χ0n) is 23.6. The van der Waals surface area contributed by atoms with Crippen molar-refractivity contribution in [2.45, 2.75) is 54.2 Å². The molecule has 222 valence electrons. The van der Waals surface area contributed by atoms with E-state index in [-0.39, 0.29) is 42.8 Å². The molecule has 5 rings (SSSR count). The number of aliphatic hydroxyl groups excluding tert-OH is 1. The number of benzene rings is 2. The summed E-state index contributed by atoms with van der Waals surface area (Å²) in [5.74, 6) is -2.29. The number of carbonyl (C=O) groups excluding carboxylic acids is 3. The van der Waals surface area contributed by atoms with Crippen LogP contribution in [0.2, 0.25) is 5.02 Å². The molecule has 0 aliphatic carbocycles. The lowest BCUT2D eigenvalue weighted by molar-refractivity contribution is -0.154. The number of hydrogen-bond acceptors (Lipinski definition) is 6. The van der Waals surface area contributed by atoms with Gasteiger partial charge in [-0.2, -0.15) is 0 Å². The van der Waals surface area contributed by atoms with Gasteiger partial charge in [-0.15, -0.1) is 24.9 Å². The van der Waals surface area contributed by atoms with Crippen LogP contribution in [0, 0.1) is 11.8 Å². The van der Waals surface area contributed by atoms with E-state index in [4.69, 9.17) is 16.3 Å². The van der Waals surface area contributed by atoms with Gasteiger partial charge in [-0.05, 0) is 61.9 Å². The number of nitrogens with zero attached hydrogens (tertiary/aromatic N) is 2. The van der Waals surface area contributed by atoms with E-state index >= 15 is 0 Å². The fraction of sp³-hybridized carbons (Fsp3) is 0.424. The molecule has 3 aliphatic rings. The Hall–Kier alpha value is -3.07. The van der Waals surface area contributed by atoms with Crippen molar-refractivity contribution in [2.24, 2.45) is 11.8 Å². The van der Waals surface area contributed by atoms with Gasteiger partial charge >= 0.3 is 5.97 Å². The van der Waals surface area contributed by atoms with Gasteiger partial charge in [-0.3, -0.25) is 14.4 Å². The van der Waals surface area contributed by atoms with Crippen LogP contribution in [0.5, 0.6) is 0 Å². The van der Waals surface area contributed by atoms with E-state index in [9.17, 15) is 19.5 Å². The number of carbonyl (C=O) groups is 3. The Balaban J connectivity index is 1.55. The average molecular weight is 609 g/mol. The van der Waals surface area contributed by atoms with Crippen LogP contribution >= 0.6 is 23.4 Å². The molecular formula is C33H37ClN2O5S. The molecule has 1 spiro atoms. The molecule has 7 nitrogen and oxygen atoms in total. The molecule has 0 radical (unpaired) electrons. The predicted octanol–water partition coefficient (Wildman–Crippen LogP) is 5.58. The number of thioether (sulfide) groups is 1. The SMILES string of the molecule is C=CCCCCOC(=O)[C@@H]1[C@@H]2CCC3(S2)C(C(=O)N(CC=C)c2ccc(Cl)cc2)N([C@H](CO)c2ccccc2)C(=O)[C@H]13. The van der Waals surface area contributed by atoms with E-state index in [1.165, 1.54) is 0 Å². The van der Waals surface area contributed by atoms with Crippen LogP contribution in [0.25, 0.3) is 0 Å². The first-order chi connectivity index (χ1) is 20.4. The Morgan fingerprint density at radius 1 is 1.14 bits per heavy atom. The smallest absolute Gasteiger partial charge is 0.310 e. The molecule has 9 heteroatoms. The lowest BCUT2D eigenvalue weighted by atomic mass is 9.71. The van der Waals surface area contributed by atoms with E-state index in [0.717, 1.165) is 24.8 Å². The third kappa shape index (κ3) is 5.40. The van der Waals surface area contributed by atoms with E-state index in [2.05, 4.69) is 13.2 Å². The molecule has 2 unspecified atom stereocenters. The van der Waals surface area contributed by atoms with Crippen LogP contribution in [0.3, 0.4) is 0 Å². The number of esters is 1. The molecule has 0 saturated carbocycles. The monoisotopic (exact) mass is 608 g/mol. The van der Waals surface area contributed by atoms with E-state index in [1.807, 2.05) is 36.4 Å². The normalized spacial score (nSPS) is 26.5. The fourth-order valence-corrected chi connectivity index (χ4v) is 9.20. The Bertz CT molecular complexity index is 1320. The molecule has 2 aromatic rings. The third-order valence-corrected chi connectivity index (χ3v) is 10.9. The van der Waals surface area contributed by atoms with Gasteiger partial charge in [-0.1, -0.05) is 54.1 Å². The number of hydrogen-bond donors (Lipinski definition) is 1. The number of aliphatic hydroxyl groups is 1. The van der Waals surface area contributed by atoms with Crippen LogP contribution in [0.15, 0.2) is 79.9 Å². The lowest BCUT2D eigenvalue weighted by Crippen LogP contribution is -2.56. The number of ether oxygens (including phenoxy) is 1. The van der Waals surface area contributed by atoms with Gasteiger partial charge in [0.15, 0.2) is 0 Å². The first-order valence-corrected chi connectivity index (χ1v) is 15.7. The predicted molar refractivity (Wildman–Crippen MR) is 166 cm³/mol. The molecule has 0 aromatic heterocycles. The molecular weight excluding hydrogens is 572 g/mol. The summed E-state index contributed by atoms with van der Waals surface area (Å²) in [6, 6.07) is 14.6. The number of unbranched alkanes of at least 4 members (excludes halogenated alkanes) is 2. The molecule has 3 aliphatic heterocycles. The number of rotatable bonds is 13. The maximum atomic E-state index is 14.7. The summed E-state index contributed by atoms with van der Waals surface area (Å²) < 4.78 is 4.90. The summed E-state index contributed by atoms with van der Waals surface area (Å²) in [6.07, 6.45) is 7.25. The highest BCUT2D eigenvalue weighted by Gasteiger charge is 2.75. The quantitative estimate of drug-likeness (QED) is 0.181. The van der Waals surface area contributed by atoms with Gasteiger partial charge in [0.05, 0.1) is 35.8 Å². The molecule has 2 bridgehead atoms. The minimum atomic E-state index is -0.900. The summed E-state index contributed by atoms with van der Waals surface area (Å²) >= 11 is 7.73. The van der Waals surface area contributed by atoms with E-state index in [0.29, 0.717) is 23.6 Å². The zero-order chi connectivity index (χ0) is 29.9. The average Bonchev–Trinajstić information content (AvgIpc) is 3.65. The number of halogens is 1. The van der Waals surface area contributed by atoms with Crippen molar-refractivity contribution < 1.29 is 24.2 Å². The third-order valence-electron chi connectivity index (χ3n) is 8.70. The molecule has 3 saturated heterocycles. The Kier molecular flexibility index (Phi) is 9.45. The van der Waals surface area contributed by atoms with Gasteiger partial charge in [0.25, 0.3) is 5.91 Å². The van der Waals surface area contributed by atoms with Crippen LogP contribution < -0.4 is 4.90 Å². The van der Waals surface area contributed by atoms with Crippen molar-refractivity contribution in [1.29, 1.82) is 0 Å². The Labute approximate surface area is 256 Å². The highest BCUT2D eigenvalue weighted by molar-refractivity contribution is 8.02. The van der Waals surface area contributed by atoms with Gasteiger partial charge in [0.1, 0.15) is 6.04 Å². The number of amides is 2. The number of allylic oxidation sites excluding steroid dienone is 1. The van der Waals surface area contributed by atoms with Gasteiger partial charge in [0, 0.05) is 22.5 Å². The topological polar surface area (TPSA) is 87.2 Å². The van der Waals surface area contributed by atoms with Gasteiger partial charge in [-0.25, -0.2) is 0 Å². The van der Waals surface area contributed by atoms with Crippen molar-refractivity contribution in [2.75, 3.05) is 24.7 Å².